The Bertz CT molecular complexity index is 462. The number of aromatic nitrogens is 1. The number of hydrogen-bond donors (Lipinski definition) is 1. The van der Waals surface area contributed by atoms with Gasteiger partial charge in [0.15, 0.2) is 0 Å². The lowest BCUT2D eigenvalue weighted by Crippen LogP contribution is -2.20. The molecule has 0 aliphatic rings. The highest BCUT2D eigenvalue weighted by molar-refractivity contribution is 7.18. The van der Waals surface area contributed by atoms with Gasteiger partial charge in [0.25, 0.3) is 0 Å². The smallest absolute Gasteiger partial charge is 0.125 e. The van der Waals surface area contributed by atoms with Crippen LogP contribution in [0.15, 0.2) is 24.3 Å². The van der Waals surface area contributed by atoms with Crippen LogP contribution < -0.4 is 0 Å². The third kappa shape index (κ3) is 2.97. The van der Waals surface area contributed by atoms with E-state index in [1.165, 1.54) is 0 Å². The first-order chi connectivity index (χ1) is 8.13. The molecular weight excluding hydrogens is 254 g/mol. The number of para-hydroxylation sites is 1. The van der Waals surface area contributed by atoms with Crippen molar-refractivity contribution in [3.8, 4) is 0 Å². The number of benzene rings is 1. The lowest BCUT2D eigenvalue weighted by Gasteiger charge is -2.19. The van der Waals surface area contributed by atoms with Crippen molar-refractivity contribution in [1.82, 2.24) is 4.98 Å². The molecule has 4 heteroatoms. The van der Waals surface area contributed by atoms with Crippen LogP contribution in [0.5, 0.6) is 0 Å². The second kappa shape index (κ2) is 5.34. The van der Waals surface area contributed by atoms with E-state index in [2.05, 4.69) is 4.98 Å². The number of nitrogens with zero attached hydrogens (tertiary/aromatic N) is 1. The number of thiazole rings is 1. The van der Waals surface area contributed by atoms with Crippen LogP contribution in [-0.4, -0.2) is 16.0 Å². The third-order valence-corrected chi connectivity index (χ3v) is 4.36. The molecule has 2 rings (SSSR count). The molecule has 1 N–H and O–H groups in total. The molecule has 2 aromatic rings. The van der Waals surface area contributed by atoms with Gasteiger partial charge in [-0.05, 0) is 38.3 Å². The second-order valence-electron chi connectivity index (χ2n) is 4.41. The first kappa shape index (κ1) is 12.8. The molecule has 0 radical (unpaired) electrons. The molecule has 17 heavy (non-hydrogen) atoms. The van der Waals surface area contributed by atoms with Crippen molar-refractivity contribution in [3.63, 3.8) is 0 Å². The first-order valence-electron chi connectivity index (χ1n) is 5.78. The van der Waals surface area contributed by atoms with Gasteiger partial charge in [0.05, 0.1) is 10.2 Å². The topological polar surface area (TPSA) is 33.1 Å². The molecule has 0 aliphatic heterocycles. The van der Waals surface area contributed by atoms with E-state index in [4.69, 9.17) is 11.6 Å². The zero-order valence-corrected chi connectivity index (χ0v) is 11.4. The highest BCUT2D eigenvalue weighted by Crippen LogP contribution is 2.33. The highest BCUT2D eigenvalue weighted by Gasteiger charge is 2.26. The van der Waals surface area contributed by atoms with Crippen LogP contribution in [-0.2, 0) is 5.60 Å². The predicted octanol–water partition coefficient (Wildman–Crippen LogP) is 3.91. The largest absolute Gasteiger partial charge is 0.383 e. The summed E-state index contributed by atoms with van der Waals surface area (Å²) < 4.78 is 1.13. The van der Waals surface area contributed by atoms with E-state index in [0.717, 1.165) is 28.1 Å². The molecule has 1 heterocycles. The Morgan fingerprint density at radius 3 is 2.82 bits per heavy atom. The Morgan fingerprint density at radius 1 is 1.35 bits per heavy atom. The summed E-state index contributed by atoms with van der Waals surface area (Å²) in [7, 11) is 0. The summed E-state index contributed by atoms with van der Waals surface area (Å²) >= 11 is 7.21. The van der Waals surface area contributed by atoms with Crippen molar-refractivity contribution in [2.75, 3.05) is 5.88 Å². The molecule has 0 saturated carbocycles. The normalized spacial score (nSPS) is 15.0. The van der Waals surface area contributed by atoms with E-state index in [1.54, 1.807) is 11.3 Å². The Hall–Kier alpha value is -0.640. The van der Waals surface area contributed by atoms with Gasteiger partial charge < -0.3 is 5.11 Å². The summed E-state index contributed by atoms with van der Waals surface area (Å²) in [6.45, 7) is 1.83. The Kier molecular flexibility index (Phi) is 4.02. The minimum Gasteiger partial charge on any atom is -0.383 e. The van der Waals surface area contributed by atoms with E-state index < -0.39 is 5.60 Å². The fraction of sp³-hybridized carbons (Fsp3) is 0.462. The van der Waals surface area contributed by atoms with Crippen molar-refractivity contribution in [2.24, 2.45) is 0 Å². The molecule has 2 nitrogen and oxygen atoms in total. The molecular formula is C13H16ClNOS. The van der Waals surface area contributed by atoms with Gasteiger partial charge in [0.1, 0.15) is 10.6 Å². The van der Waals surface area contributed by atoms with Gasteiger partial charge in [-0.15, -0.1) is 22.9 Å². The summed E-state index contributed by atoms with van der Waals surface area (Å²) in [6.07, 6.45) is 2.56. The van der Waals surface area contributed by atoms with Crippen LogP contribution >= 0.6 is 22.9 Å². The van der Waals surface area contributed by atoms with Gasteiger partial charge >= 0.3 is 0 Å². The first-order valence-corrected chi connectivity index (χ1v) is 7.13. The number of rotatable bonds is 5. The SMILES string of the molecule is C[C@](O)(CCCCCl)c1nc2ccccc2s1. The van der Waals surface area contributed by atoms with Gasteiger partial charge in [0, 0.05) is 5.88 Å². The minimum absolute atomic E-state index is 0.649. The molecule has 0 bridgehead atoms. The van der Waals surface area contributed by atoms with Crippen LogP contribution in [0, 0.1) is 0 Å². The van der Waals surface area contributed by atoms with E-state index in [1.807, 2.05) is 31.2 Å². The molecule has 0 fully saturated rings. The van der Waals surface area contributed by atoms with Crippen LogP contribution in [0.4, 0.5) is 0 Å². The van der Waals surface area contributed by atoms with Crippen molar-refractivity contribution < 1.29 is 5.11 Å². The predicted molar refractivity (Wildman–Crippen MR) is 73.8 cm³/mol. The third-order valence-electron chi connectivity index (χ3n) is 2.80. The number of aliphatic hydroxyl groups is 1. The van der Waals surface area contributed by atoms with Gasteiger partial charge in [0.2, 0.25) is 0 Å². The van der Waals surface area contributed by atoms with E-state index >= 15 is 0 Å². The Balaban J connectivity index is 2.19. The molecule has 0 amide bonds. The molecule has 1 aromatic heterocycles. The Morgan fingerprint density at radius 2 is 2.12 bits per heavy atom. The minimum atomic E-state index is -0.838. The standard InChI is InChI=1S/C13H16ClNOS/c1-13(16,8-4-5-9-14)12-15-10-6-2-3-7-11(10)17-12/h2-3,6-7,16H,4-5,8-9H2,1H3/t13-/m0/s1. The van der Waals surface area contributed by atoms with Gasteiger partial charge in [-0.1, -0.05) is 12.1 Å². The summed E-state index contributed by atoms with van der Waals surface area (Å²) in [5, 5.41) is 11.2. The molecule has 1 aromatic carbocycles. The monoisotopic (exact) mass is 269 g/mol. The number of alkyl halides is 1. The maximum Gasteiger partial charge on any atom is 0.125 e. The van der Waals surface area contributed by atoms with Crippen molar-refractivity contribution in [2.45, 2.75) is 31.8 Å². The fourth-order valence-corrected chi connectivity index (χ4v) is 3.00. The maximum atomic E-state index is 10.4. The van der Waals surface area contributed by atoms with Crippen LogP contribution in [0.25, 0.3) is 10.2 Å². The summed E-state index contributed by atoms with van der Waals surface area (Å²) in [4.78, 5) is 4.50. The second-order valence-corrected chi connectivity index (χ2v) is 5.82. The number of fused-ring (bicyclic) bond motifs is 1. The average molecular weight is 270 g/mol. The lowest BCUT2D eigenvalue weighted by atomic mass is 10.0. The number of unbranched alkanes of at least 4 members (excludes halogenated alkanes) is 1. The zero-order chi connectivity index (χ0) is 12.3. The molecule has 0 spiro atoms. The molecule has 1 atom stereocenters. The maximum absolute atomic E-state index is 10.4. The zero-order valence-electron chi connectivity index (χ0n) is 9.82. The van der Waals surface area contributed by atoms with Gasteiger partial charge in [-0.25, -0.2) is 4.98 Å². The summed E-state index contributed by atoms with van der Waals surface area (Å²) in [5.41, 5.74) is 0.126. The van der Waals surface area contributed by atoms with Crippen molar-refractivity contribution >= 4 is 33.2 Å². The lowest BCUT2D eigenvalue weighted by molar-refractivity contribution is 0.0454. The van der Waals surface area contributed by atoms with Crippen LogP contribution in [0.2, 0.25) is 0 Å². The molecule has 0 aliphatic carbocycles. The van der Waals surface area contributed by atoms with Crippen molar-refractivity contribution in [1.29, 1.82) is 0 Å². The molecule has 0 saturated heterocycles. The number of halogens is 1. The quantitative estimate of drug-likeness (QED) is 0.659. The number of hydrogen-bond acceptors (Lipinski definition) is 3. The van der Waals surface area contributed by atoms with Crippen LogP contribution in [0.3, 0.4) is 0 Å². The van der Waals surface area contributed by atoms with Crippen molar-refractivity contribution in [3.05, 3.63) is 29.3 Å². The summed E-state index contributed by atoms with van der Waals surface area (Å²) in [5.74, 6) is 0.649. The molecule has 0 unspecified atom stereocenters. The average Bonchev–Trinajstić information content (AvgIpc) is 2.73. The summed E-state index contributed by atoms with van der Waals surface area (Å²) in [6, 6.07) is 7.97. The van der Waals surface area contributed by atoms with E-state index in [-0.39, 0.29) is 0 Å². The Labute approximate surface area is 110 Å². The van der Waals surface area contributed by atoms with Gasteiger partial charge in [-0.2, -0.15) is 0 Å². The van der Waals surface area contributed by atoms with Crippen LogP contribution in [0.1, 0.15) is 31.2 Å². The van der Waals surface area contributed by atoms with Gasteiger partial charge in [-0.3, -0.25) is 0 Å². The fourth-order valence-electron chi connectivity index (χ4n) is 1.77. The highest BCUT2D eigenvalue weighted by atomic mass is 35.5. The van der Waals surface area contributed by atoms with E-state index in [9.17, 15) is 5.11 Å². The molecule has 92 valence electrons. The van der Waals surface area contributed by atoms with E-state index in [0.29, 0.717) is 12.3 Å².